The lowest BCUT2D eigenvalue weighted by Gasteiger charge is -2.11. The minimum absolute atomic E-state index is 0.806. The standard InChI is InChI=1S/C16H27NS/c1-5-9-17-11-15-7-8-16(14(4)10-15)18-12-13(3)6-2/h7-8,10,13,17H,5-6,9,11-12H2,1-4H3. The normalized spacial score (nSPS) is 12.7. The molecule has 0 fully saturated rings. The van der Waals surface area contributed by atoms with Gasteiger partial charge in [0.1, 0.15) is 0 Å². The summed E-state index contributed by atoms with van der Waals surface area (Å²) in [5.41, 5.74) is 2.81. The van der Waals surface area contributed by atoms with Crippen LogP contribution >= 0.6 is 11.8 Å². The van der Waals surface area contributed by atoms with Crippen molar-refractivity contribution in [3.63, 3.8) is 0 Å². The van der Waals surface area contributed by atoms with Crippen LogP contribution in [-0.4, -0.2) is 12.3 Å². The lowest BCUT2D eigenvalue weighted by atomic mass is 10.1. The summed E-state index contributed by atoms with van der Waals surface area (Å²) in [4.78, 5) is 1.44. The van der Waals surface area contributed by atoms with Crippen LogP contribution in [0.2, 0.25) is 0 Å². The lowest BCUT2D eigenvalue weighted by molar-refractivity contribution is 0.637. The van der Waals surface area contributed by atoms with Crippen molar-refractivity contribution in [1.82, 2.24) is 5.32 Å². The van der Waals surface area contributed by atoms with Crippen molar-refractivity contribution >= 4 is 11.8 Å². The average molecular weight is 265 g/mol. The molecule has 1 N–H and O–H groups in total. The van der Waals surface area contributed by atoms with Gasteiger partial charge in [-0.05, 0) is 43.0 Å². The molecule has 2 heteroatoms. The van der Waals surface area contributed by atoms with Gasteiger partial charge in [-0.1, -0.05) is 39.3 Å². The van der Waals surface area contributed by atoms with Crippen LogP contribution in [0.3, 0.4) is 0 Å². The smallest absolute Gasteiger partial charge is 0.0205 e. The fourth-order valence-corrected chi connectivity index (χ4v) is 2.89. The molecule has 1 aromatic carbocycles. The van der Waals surface area contributed by atoms with E-state index < -0.39 is 0 Å². The first-order chi connectivity index (χ1) is 8.67. The molecule has 0 radical (unpaired) electrons. The van der Waals surface area contributed by atoms with Crippen LogP contribution < -0.4 is 5.32 Å². The van der Waals surface area contributed by atoms with Gasteiger partial charge in [0.15, 0.2) is 0 Å². The van der Waals surface area contributed by atoms with Crippen LogP contribution in [-0.2, 0) is 6.54 Å². The summed E-state index contributed by atoms with van der Waals surface area (Å²) in [6, 6.07) is 6.86. The van der Waals surface area contributed by atoms with Crippen molar-refractivity contribution in [2.75, 3.05) is 12.3 Å². The molecule has 0 saturated heterocycles. The van der Waals surface area contributed by atoms with E-state index in [4.69, 9.17) is 0 Å². The van der Waals surface area contributed by atoms with E-state index in [1.807, 2.05) is 11.8 Å². The number of nitrogens with one attached hydrogen (secondary N) is 1. The maximum Gasteiger partial charge on any atom is 0.0205 e. The molecule has 1 atom stereocenters. The van der Waals surface area contributed by atoms with Gasteiger partial charge in [0.2, 0.25) is 0 Å². The average Bonchev–Trinajstić information content (AvgIpc) is 2.37. The highest BCUT2D eigenvalue weighted by Crippen LogP contribution is 2.26. The third-order valence-electron chi connectivity index (χ3n) is 3.22. The van der Waals surface area contributed by atoms with Crippen LogP contribution in [0.4, 0.5) is 0 Å². The topological polar surface area (TPSA) is 12.0 Å². The molecule has 0 heterocycles. The van der Waals surface area contributed by atoms with Gasteiger partial charge in [-0.25, -0.2) is 0 Å². The molecule has 0 bridgehead atoms. The zero-order chi connectivity index (χ0) is 13.4. The predicted octanol–water partition coefficient (Wildman–Crippen LogP) is 4.63. The van der Waals surface area contributed by atoms with E-state index in [0.717, 1.165) is 19.0 Å². The van der Waals surface area contributed by atoms with E-state index in [9.17, 15) is 0 Å². The van der Waals surface area contributed by atoms with E-state index in [2.05, 4.69) is 51.2 Å². The highest BCUT2D eigenvalue weighted by molar-refractivity contribution is 7.99. The maximum absolute atomic E-state index is 3.45. The molecule has 1 rings (SSSR count). The first kappa shape index (κ1) is 15.6. The molecular weight excluding hydrogens is 238 g/mol. The quantitative estimate of drug-likeness (QED) is 0.543. The molecule has 0 aliphatic rings. The summed E-state index contributed by atoms with van der Waals surface area (Å²) in [6.07, 6.45) is 2.47. The lowest BCUT2D eigenvalue weighted by Crippen LogP contribution is -2.13. The third-order valence-corrected chi connectivity index (χ3v) is 4.72. The van der Waals surface area contributed by atoms with Crippen LogP contribution in [0.15, 0.2) is 23.1 Å². The Labute approximate surface area is 117 Å². The van der Waals surface area contributed by atoms with Crippen molar-refractivity contribution in [3.8, 4) is 0 Å². The number of thioether (sulfide) groups is 1. The largest absolute Gasteiger partial charge is 0.313 e. The summed E-state index contributed by atoms with van der Waals surface area (Å²) >= 11 is 2.00. The molecule has 0 spiro atoms. The van der Waals surface area contributed by atoms with Gasteiger partial charge in [0.25, 0.3) is 0 Å². The number of aryl methyl sites for hydroxylation is 1. The molecule has 0 amide bonds. The second kappa shape index (κ2) is 8.60. The summed E-state index contributed by atoms with van der Waals surface area (Å²) < 4.78 is 0. The Balaban J connectivity index is 2.51. The number of hydrogen-bond donors (Lipinski definition) is 1. The van der Waals surface area contributed by atoms with E-state index in [1.165, 1.54) is 34.6 Å². The highest BCUT2D eigenvalue weighted by atomic mass is 32.2. The van der Waals surface area contributed by atoms with Gasteiger partial charge in [0.05, 0.1) is 0 Å². The van der Waals surface area contributed by atoms with Gasteiger partial charge in [0, 0.05) is 17.2 Å². The Morgan fingerprint density at radius 1 is 1.28 bits per heavy atom. The minimum Gasteiger partial charge on any atom is -0.313 e. The Hall–Kier alpha value is -0.470. The summed E-state index contributed by atoms with van der Waals surface area (Å²) in [6.45, 7) is 11.1. The molecular formula is C16H27NS. The van der Waals surface area contributed by atoms with E-state index in [-0.39, 0.29) is 0 Å². The summed E-state index contributed by atoms with van der Waals surface area (Å²) in [5.74, 6) is 2.03. The second-order valence-electron chi connectivity index (χ2n) is 5.10. The van der Waals surface area contributed by atoms with E-state index in [1.54, 1.807) is 0 Å². The number of rotatable bonds is 8. The third kappa shape index (κ3) is 5.45. The van der Waals surface area contributed by atoms with Gasteiger partial charge in [-0.15, -0.1) is 11.8 Å². The van der Waals surface area contributed by atoms with Gasteiger partial charge < -0.3 is 5.32 Å². The first-order valence-corrected chi connectivity index (χ1v) is 8.09. The van der Waals surface area contributed by atoms with Crippen LogP contribution in [0.25, 0.3) is 0 Å². The molecule has 1 nitrogen and oxygen atoms in total. The fraction of sp³-hybridized carbons (Fsp3) is 0.625. The van der Waals surface area contributed by atoms with Gasteiger partial charge >= 0.3 is 0 Å². The van der Waals surface area contributed by atoms with Gasteiger partial charge in [-0.2, -0.15) is 0 Å². The maximum atomic E-state index is 3.45. The Morgan fingerprint density at radius 3 is 2.67 bits per heavy atom. The summed E-state index contributed by atoms with van der Waals surface area (Å²) in [7, 11) is 0. The van der Waals surface area contributed by atoms with Crippen molar-refractivity contribution in [2.24, 2.45) is 5.92 Å². The number of hydrogen-bond acceptors (Lipinski definition) is 2. The minimum atomic E-state index is 0.806. The van der Waals surface area contributed by atoms with Crippen LogP contribution in [0, 0.1) is 12.8 Å². The van der Waals surface area contributed by atoms with Crippen LogP contribution in [0.1, 0.15) is 44.7 Å². The number of benzene rings is 1. The first-order valence-electron chi connectivity index (χ1n) is 7.10. The molecule has 0 aromatic heterocycles. The molecule has 0 saturated carbocycles. The van der Waals surface area contributed by atoms with Crippen molar-refractivity contribution in [2.45, 2.75) is 52.0 Å². The van der Waals surface area contributed by atoms with E-state index >= 15 is 0 Å². The van der Waals surface area contributed by atoms with Crippen LogP contribution in [0.5, 0.6) is 0 Å². The Kier molecular flexibility index (Phi) is 7.45. The molecule has 1 aromatic rings. The van der Waals surface area contributed by atoms with Crippen molar-refractivity contribution in [3.05, 3.63) is 29.3 Å². The molecule has 1 unspecified atom stereocenters. The van der Waals surface area contributed by atoms with Crippen molar-refractivity contribution < 1.29 is 0 Å². The fourth-order valence-electron chi connectivity index (χ4n) is 1.74. The summed E-state index contributed by atoms with van der Waals surface area (Å²) in [5, 5.41) is 3.45. The van der Waals surface area contributed by atoms with E-state index in [0.29, 0.717) is 0 Å². The zero-order valence-corrected chi connectivity index (χ0v) is 13.1. The predicted molar refractivity (Wildman–Crippen MR) is 83.4 cm³/mol. The molecule has 0 aliphatic carbocycles. The van der Waals surface area contributed by atoms with Crippen molar-refractivity contribution in [1.29, 1.82) is 0 Å². The monoisotopic (exact) mass is 265 g/mol. The highest BCUT2D eigenvalue weighted by Gasteiger charge is 2.04. The SMILES string of the molecule is CCCNCc1ccc(SCC(C)CC)c(C)c1. The molecule has 18 heavy (non-hydrogen) atoms. The second-order valence-corrected chi connectivity index (χ2v) is 6.16. The van der Waals surface area contributed by atoms with Gasteiger partial charge in [-0.3, -0.25) is 0 Å². The molecule has 102 valence electrons. The Morgan fingerprint density at radius 2 is 2.06 bits per heavy atom. The zero-order valence-electron chi connectivity index (χ0n) is 12.3. The molecule has 0 aliphatic heterocycles. The Bertz CT molecular complexity index is 349.